The lowest BCUT2D eigenvalue weighted by atomic mass is 10.0. The number of allylic oxidation sites excluding steroid dienone is 8. The summed E-state index contributed by atoms with van der Waals surface area (Å²) in [5, 5.41) is 0. The molecule has 0 saturated heterocycles. The number of esters is 3. The summed E-state index contributed by atoms with van der Waals surface area (Å²) < 4.78 is 16.9. The Labute approximate surface area is 498 Å². The van der Waals surface area contributed by atoms with E-state index in [2.05, 4.69) is 69.4 Å². The summed E-state index contributed by atoms with van der Waals surface area (Å²) in [5.41, 5.74) is 0. The Bertz CT molecular complexity index is 1380. The smallest absolute Gasteiger partial charge is 0.306 e. The molecule has 0 aliphatic heterocycles. The molecule has 1 unspecified atom stereocenters. The fourth-order valence-corrected chi connectivity index (χ4v) is 10.7. The molecule has 0 aliphatic carbocycles. The molecule has 0 saturated carbocycles. The third-order valence-corrected chi connectivity index (χ3v) is 16.0. The summed E-state index contributed by atoms with van der Waals surface area (Å²) in [6.07, 6.45) is 87.3. The zero-order valence-electron chi connectivity index (χ0n) is 53.9. The van der Waals surface area contributed by atoms with Crippen LogP contribution in [0, 0.1) is 0 Å². The molecule has 0 aliphatic rings. The van der Waals surface area contributed by atoms with E-state index in [1.807, 2.05) is 0 Å². The number of carbonyl (C=O) groups is 3. The molecular formula is C74H136O6. The van der Waals surface area contributed by atoms with Crippen molar-refractivity contribution in [2.24, 2.45) is 0 Å². The van der Waals surface area contributed by atoms with Crippen LogP contribution in [0.1, 0.15) is 387 Å². The van der Waals surface area contributed by atoms with Crippen LogP contribution in [0.25, 0.3) is 0 Å². The van der Waals surface area contributed by atoms with Crippen molar-refractivity contribution in [1.29, 1.82) is 0 Å². The Hall–Kier alpha value is -2.63. The highest BCUT2D eigenvalue weighted by molar-refractivity contribution is 5.71. The van der Waals surface area contributed by atoms with Crippen LogP contribution >= 0.6 is 0 Å². The predicted molar refractivity (Wildman–Crippen MR) is 349 cm³/mol. The Morgan fingerprint density at radius 1 is 0.250 bits per heavy atom. The Kier molecular flexibility index (Phi) is 66.6. The van der Waals surface area contributed by atoms with Gasteiger partial charge in [-0.15, -0.1) is 0 Å². The molecule has 6 heteroatoms. The van der Waals surface area contributed by atoms with Crippen LogP contribution in [0.3, 0.4) is 0 Å². The number of rotatable bonds is 66. The maximum atomic E-state index is 12.9. The van der Waals surface area contributed by atoms with E-state index in [1.165, 1.54) is 263 Å². The van der Waals surface area contributed by atoms with Crippen molar-refractivity contribution in [1.82, 2.24) is 0 Å². The number of unbranched alkanes of at least 4 members (excludes halogenated alkanes) is 47. The number of hydrogen-bond donors (Lipinski definition) is 0. The van der Waals surface area contributed by atoms with Gasteiger partial charge in [0.05, 0.1) is 0 Å². The van der Waals surface area contributed by atoms with E-state index in [1.54, 1.807) is 0 Å². The molecule has 0 N–H and O–H groups in total. The number of ether oxygens (including phenoxy) is 3. The minimum atomic E-state index is -0.775. The first kappa shape index (κ1) is 77.4. The lowest BCUT2D eigenvalue weighted by Gasteiger charge is -2.18. The van der Waals surface area contributed by atoms with Crippen molar-refractivity contribution >= 4 is 17.9 Å². The van der Waals surface area contributed by atoms with Gasteiger partial charge >= 0.3 is 17.9 Å². The van der Waals surface area contributed by atoms with Crippen molar-refractivity contribution < 1.29 is 28.6 Å². The third-order valence-electron chi connectivity index (χ3n) is 16.0. The van der Waals surface area contributed by atoms with E-state index in [4.69, 9.17) is 14.2 Å². The van der Waals surface area contributed by atoms with Crippen LogP contribution in [0.4, 0.5) is 0 Å². The van der Waals surface area contributed by atoms with E-state index in [-0.39, 0.29) is 31.1 Å². The molecule has 0 heterocycles. The zero-order valence-corrected chi connectivity index (χ0v) is 53.9. The second-order valence-corrected chi connectivity index (χ2v) is 24.1. The van der Waals surface area contributed by atoms with E-state index in [9.17, 15) is 14.4 Å². The van der Waals surface area contributed by atoms with Gasteiger partial charge < -0.3 is 14.2 Å². The van der Waals surface area contributed by atoms with Gasteiger partial charge in [0.1, 0.15) is 13.2 Å². The van der Waals surface area contributed by atoms with Crippen LogP contribution in [-0.4, -0.2) is 37.2 Å². The first-order valence-electron chi connectivity index (χ1n) is 35.6. The quantitative estimate of drug-likeness (QED) is 0.0261. The molecule has 0 aromatic heterocycles. The molecule has 0 bridgehead atoms. The fraction of sp³-hybridized carbons (Fsp3) is 0.851. The van der Waals surface area contributed by atoms with Crippen molar-refractivity contribution in [2.45, 2.75) is 393 Å². The Balaban J connectivity index is 4.15. The number of carbonyl (C=O) groups excluding carboxylic acids is 3. The predicted octanol–water partition coefficient (Wildman–Crippen LogP) is 24.5. The average Bonchev–Trinajstić information content (AvgIpc) is 3.46. The molecule has 6 nitrogen and oxygen atoms in total. The molecule has 0 rings (SSSR count). The minimum Gasteiger partial charge on any atom is -0.462 e. The van der Waals surface area contributed by atoms with Crippen molar-refractivity contribution in [3.05, 3.63) is 48.6 Å². The van der Waals surface area contributed by atoms with Crippen LogP contribution in [0.2, 0.25) is 0 Å². The minimum absolute atomic E-state index is 0.0727. The van der Waals surface area contributed by atoms with Gasteiger partial charge in [0.25, 0.3) is 0 Å². The van der Waals surface area contributed by atoms with Gasteiger partial charge in [0.15, 0.2) is 6.10 Å². The van der Waals surface area contributed by atoms with Crippen molar-refractivity contribution in [2.75, 3.05) is 13.2 Å². The third kappa shape index (κ3) is 66.2. The highest BCUT2D eigenvalue weighted by atomic mass is 16.6. The van der Waals surface area contributed by atoms with Crippen LogP contribution in [0.5, 0.6) is 0 Å². The van der Waals surface area contributed by atoms with Gasteiger partial charge in [-0.1, -0.05) is 339 Å². The average molecular weight is 1120 g/mol. The zero-order chi connectivity index (χ0) is 57.8. The van der Waals surface area contributed by atoms with Crippen molar-refractivity contribution in [3.8, 4) is 0 Å². The SMILES string of the molecule is CCC/C=C\CCCCCCCC(=O)OCC(COC(=O)CCCCCCCCCCCCCC/C=C\C/C=C\C/C=C\CCCCCCC)OC(=O)CCCCCCCCCCCCCCCCCCCCCCCCCCC. The first-order valence-corrected chi connectivity index (χ1v) is 35.6. The second-order valence-electron chi connectivity index (χ2n) is 24.1. The summed E-state index contributed by atoms with van der Waals surface area (Å²) in [6, 6.07) is 0. The first-order chi connectivity index (χ1) is 39.5. The Morgan fingerprint density at radius 2 is 0.475 bits per heavy atom. The van der Waals surface area contributed by atoms with Gasteiger partial charge in [0, 0.05) is 19.3 Å². The molecule has 1 atom stereocenters. The van der Waals surface area contributed by atoms with Gasteiger partial charge in [-0.2, -0.15) is 0 Å². The number of hydrogen-bond acceptors (Lipinski definition) is 6. The molecule has 0 aromatic carbocycles. The summed E-state index contributed by atoms with van der Waals surface area (Å²) in [5.74, 6) is -0.861. The molecule has 0 aromatic rings. The maximum absolute atomic E-state index is 12.9. The monoisotopic (exact) mass is 1120 g/mol. The van der Waals surface area contributed by atoms with Crippen molar-refractivity contribution in [3.63, 3.8) is 0 Å². The largest absolute Gasteiger partial charge is 0.462 e. The molecular weight excluding hydrogens is 985 g/mol. The summed E-state index contributed by atoms with van der Waals surface area (Å²) in [6.45, 7) is 6.62. The molecule has 0 spiro atoms. The lowest BCUT2D eigenvalue weighted by molar-refractivity contribution is -0.167. The highest BCUT2D eigenvalue weighted by Crippen LogP contribution is 2.18. The van der Waals surface area contributed by atoms with E-state index in [0.717, 1.165) is 83.5 Å². The van der Waals surface area contributed by atoms with E-state index < -0.39 is 6.10 Å². The van der Waals surface area contributed by atoms with Gasteiger partial charge in [0.2, 0.25) is 0 Å². The van der Waals surface area contributed by atoms with E-state index in [0.29, 0.717) is 19.3 Å². The summed E-state index contributed by atoms with van der Waals surface area (Å²) in [4.78, 5) is 38.3. The fourth-order valence-electron chi connectivity index (χ4n) is 10.7. The summed E-state index contributed by atoms with van der Waals surface area (Å²) >= 11 is 0. The topological polar surface area (TPSA) is 78.9 Å². The Morgan fingerprint density at radius 3 is 0.762 bits per heavy atom. The molecule has 0 amide bonds. The molecule has 80 heavy (non-hydrogen) atoms. The molecule has 0 fully saturated rings. The summed E-state index contributed by atoms with van der Waals surface area (Å²) in [7, 11) is 0. The van der Waals surface area contributed by atoms with Crippen LogP contribution in [0.15, 0.2) is 48.6 Å². The highest BCUT2D eigenvalue weighted by Gasteiger charge is 2.19. The van der Waals surface area contributed by atoms with E-state index >= 15 is 0 Å². The maximum Gasteiger partial charge on any atom is 0.306 e. The molecule has 468 valence electrons. The lowest BCUT2D eigenvalue weighted by Crippen LogP contribution is -2.30. The van der Waals surface area contributed by atoms with Crippen LogP contribution in [-0.2, 0) is 28.6 Å². The molecule has 0 radical (unpaired) electrons. The second kappa shape index (κ2) is 68.9. The standard InChI is InChI=1S/C74H136O6/c1-4-7-10-13-16-19-22-24-26-28-30-32-34-36-37-39-40-42-44-46-48-50-52-55-58-61-64-67-73(76)79-70-71(69-78-72(75)66-63-60-57-54-21-18-15-12-9-6-3)80-74(77)68-65-62-59-56-53-51-49-47-45-43-41-38-35-33-31-29-27-25-23-20-17-14-11-8-5-2/h12,15,22,24,28,30,34,36,71H,4-11,13-14,16-21,23,25-27,29,31-33,35,37-70H2,1-3H3/b15-12-,24-22-,30-28-,36-34-. The van der Waals surface area contributed by atoms with Crippen LogP contribution < -0.4 is 0 Å². The normalized spacial score (nSPS) is 12.3. The van der Waals surface area contributed by atoms with Gasteiger partial charge in [-0.25, -0.2) is 0 Å². The van der Waals surface area contributed by atoms with Gasteiger partial charge in [-0.05, 0) is 77.0 Å². The van der Waals surface area contributed by atoms with Gasteiger partial charge in [-0.3, -0.25) is 14.4 Å².